The number of aryl methyl sites for hydroxylation is 2. The lowest BCUT2D eigenvalue weighted by Crippen LogP contribution is -2.10. The number of ketones is 1. The fraction of sp³-hybridized carbons (Fsp3) is 0.174. The Morgan fingerprint density at radius 1 is 1.07 bits per heavy atom. The molecule has 6 heteroatoms. The first-order chi connectivity index (χ1) is 13.9. The highest BCUT2D eigenvalue weighted by atomic mass is 32.2. The lowest BCUT2D eigenvalue weighted by atomic mass is 10.0. The number of Topliss-reactive ketones (excluding diaryl/α,β-unsaturated/α-hetero) is 1. The van der Waals surface area contributed by atoms with Crippen LogP contribution in [0.25, 0.3) is 22.5 Å². The molecular formula is C23H22N4OS. The first kappa shape index (κ1) is 20.4. The van der Waals surface area contributed by atoms with Crippen LogP contribution in [0.1, 0.15) is 18.1 Å². The minimum Gasteiger partial charge on any atom is -0.401 e. The number of benzene rings is 2. The molecule has 0 amide bonds. The maximum absolute atomic E-state index is 12.3. The number of H-pyrrole nitrogens is 1. The van der Waals surface area contributed by atoms with Gasteiger partial charge in [-0.2, -0.15) is 5.26 Å². The summed E-state index contributed by atoms with van der Waals surface area (Å²) in [6, 6.07) is 18.3. The summed E-state index contributed by atoms with van der Waals surface area (Å²) in [6.07, 6.45) is 0. The van der Waals surface area contributed by atoms with Crippen molar-refractivity contribution in [2.75, 3.05) is 5.75 Å². The minimum absolute atomic E-state index is 0.00146. The van der Waals surface area contributed by atoms with E-state index in [1.807, 2.05) is 44.2 Å². The normalized spacial score (nSPS) is 11.7. The molecule has 0 atom stereocenters. The number of hydrogen-bond acceptors (Lipinski definition) is 5. The van der Waals surface area contributed by atoms with E-state index in [0.29, 0.717) is 5.16 Å². The molecule has 0 aliphatic heterocycles. The Labute approximate surface area is 174 Å². The molecule has 2 aromatic carbocycles. The van der Waals surface area contributed by atoms with E-state index >= 15 is 0 Å². The zero-order valence-corrected chi connectivity index (χ0v) is 17.4. The second-order valence-electron chi connectivity index (χ2n) is 6.88. The number of allylic oxidation sites excluding steroid dienone is 2. The Morgan fingerprint density at radius 2 is 1.62 bits per heavy atom. The number of imidazole rings is 1. The summed E-state index contributed by atoms with van der Waals surface area (Å²) in [5, 5.41) is 9.73. The van der Waals surface area contributed by atoms with Crippen molar-refractivity contribution in [2.24, 2.45) is 5.73 Å². The number of nitrogens with two attached hydrogens (primary N) is 1. The van der Waals surface area contributed by atoms with Gasteiger partial charge in [-0.3, -0.25) is 4.79 Å². The van der Waals surface area contributed by atoms with Crippen LogP contribution >= 0.6 is 11.8 Å². The zero-order chi connectivity index (χ0) is 21.0. The van der Waals surface area contributed by atoms with Gasteiger partial charge in [-0.1, -0.05) is 71.4 Å². The van der Waals surface area contributed by atoms with E-state index in [9.17, 15) is 4.79 Å². The molecule has 0 fully saturated rings. The maximum Gasteiger partial charge on any atom is 0.185 e. The molecular weight excluding hydrogens is 380 g/mol. The number of nitrogens with one attached hydrogen (secondary N) is 1. The molecule has 0 saturated carbocycles. The van der Waals surface area contributed by atoms with Gasteiger partial charge in [0.15, 0.2) is 10.9 Å². The summed E-state index contributed by atoms with van der Waals surface area (Å²) >= 11 is 1.26. The van der Waals surface area contributed by atoms with E-state index in [2.05, 4.69) is 29.2 Å². The second-order valence-corrected chi connectivity index (χ2v) is 7.84. The van der Waals surface area contributed by atoms with Gasteiger partial charge < -0.3 is 10.7 Å². The first-order valence-corrected chi connectivity index (χ1v) is 10.1. The smallest absolute Gasteiger partial charge is 0.185 e. The minimum atomic E-state index is -0.303. The van der Waals surface area contributed by atoms with Gasteiger partial charge in [0.05, 0.1) is 17.1 Å². The summed E-state index contributed by atoms with van der Waals surface area (Å²) in [7, 11) is 0. The molecule has 5 nitrogen and oxygen atoms in total. The number of rotatable bonds is 6. The van der Waals surface area contributed by atoms with Crippen LogP contribution in [0.5, 0.6) is 0 Å². The fourth-order valence-electron chi connectivity index (χ4n) is 2.85. The van der Waals surface area contributed by atoms with Crippen LogP contribution in [-0.4, -0.2) is 21.5 Å². The number of carbonyl (C=O) groups excluding carboxylic acids is 1. The predicted octanol–water partition coefficient (Wildman–Crippen LogP) is 4.78. The first-order valence-electron chi connectivity index (χ1n) is 9.15. The molecule has 1 heterocycles. The molecule has 0 saturated heterocycles. The van der Waals surface area contributed by atoms with Crippen LogP contribution in [-0.2, 0) is 4.79 Å². The van der Waals surface area contributed by atoms with Crippen molar-refractivity contribution in [1.82, 2.24) is 9.97 Å². The summed E-state index contributed by atoms with van der Waals surface area (Å²) in [6.45, 7) is 5.64. The average molecular weight is 403 g/mol. The van der Waals surface area contributed by atoms with Gasteiger partial charge in [-0.15, -0.1) is 0 Å². The number of carbonyl (C=O) groups is 1. The van der Waals surface area contributed by atoms with Gasteiger partial charge in [0.1, 0.15) is 11.6 Å². The highest BCUT2D eigenvalue weighted by molar-refractivity contribution is 7.99. The van der Waals surface area contributed by atoms with Crippen LogP contribution in [0, 0.1) is 25.2 Å². The molecule has 3 rings (SSSR count). The number of aromatic nitrogens is 2. The van der Waals surface area contributed by atoms with Crippen LogP contribution in [0.15, 0.2) is 65.0 Å². The van der Waals surface area contributed by atoms with E-state index in [0.717, 1.165) is 22.5 Å². The zero-order valence-electron chi connectivity index (χ0n) is 16.6. The van der Waals surface area contributed by atoms with Crippen molar-refractivity contribution < 1.29 is 4.79 Å². The Bertz CT molecular complexity index is 1040. The molecule has 146 valence electrons. The number of nitriles is 1. The average Bonchev–Trinajstić information content (AvgIpc) is 3.12. The Balaban J connectivity index is 1.95. The van der Waals surface area contributed by atoms with E-state index in [1.165, 1.54) is 22.9 Å². The number of aromatic amines is 1. The number of nitrogens with zero attached hydrogens (tertiary/aromatic N) is 2. The van der Waals surface area contributed by atoms with Crippen LogP contribution in [0.3, 0.4) is 0 Å². The van der Waals surface area contributed by atoms with E-state index in [1.54, 1.807) is 6.92 Å². The van der Waals surface area contributed by atoms with Gasteiger partial charge in [-0.25, -0.2) is 4.98 Å². The Morgan fingerprint density at radius 3 is 2.14 bits per heavy atom. The third-order valence-corrected chi connectivity index (χ3v) is 5.35. The molecule has 3 aromatic rings. The van der Waals surface area contributed by atoms with Gasteiger partial charge >= 0.3 is 0 Å². The van der Waals surface area contributed by atoms with Crippen LogP contribution in [0.4, 0.5) is 0 Å². The van der Waals surface area contributed by atoms with E-state index < -0.39 is 0 Å². The van der Waals surface area contributed by atoms with Crippen molar-refractivity contribution in [3.8, 4) is 28.6 Å². The number of thioether (sulfide) groups is 1. The fourth-order valence-corrected chi connectivity index (χ4v) is 3.59. The van der Waals surface area contributed by atoms with Crippen molar-refractivity contribution in [3.63, 3.8) is 0 Å². The monoisotopic (exact) mass is 402 g/mol. The molecule has 1 aromatic heterocycles. The number of hydrogen-bond donors (Lipinski definition) is 2. The molecule has 0 bridgehead atoms. The van der Waals surface area contributed by atoms with E-state index in [-0.39, 0.29) is 22.8 Å². The second kappa shape index (κ2) is 8.80. The standard InChI is InChI=1S/C23H22N4OS/c1-14-4-8-17(9-5-14)21-22(18-10-6-15(2)7-11-18)27-23(26-21)29-13-20(28)19(12-24)16(3)25/h4-11H,13,25H2,1-3H3,(H,26,27)/b19-16-. The molecule has 3 N–H and O–H groups in total. The maximum atomic E-state index is 12.3. The molecule has 0 radical (unpaired) electrons. The van der Waals surface area contributed by atoms with Crippen molar-refractivity contribution in [3.05, 3.63) is 70.9 Å². The lowest BCUT2D eigenvalue weighted by Gasteiger charge is -2.04. The van der Waals surface area contributed by atoms with Crippen molar-refractivity contribution >= 4 is 17.5 Å². The molecule has 0 aliphatic rings. The summed E-state index contributed by atoms with van der Waals surface area (Å²) in [5.41, 5.74) is 12.0. The largest absolute Gasteiger partial charge is 0.401 e. The van der Waals surface area contributed by atoms with Gasteiger partial charge in [0.2, 0.25) is 0 Å². The summed E-state index contributed by atoms with van der Waals surface area (Å²) in [4.78, 5) is 20.4. The Hall–Kier alpha value is -3.30. The van der Waals surface area contributed by atoms with E-state index in [4.69, 9.17) is 16.0 Å². The topological polar surface area (TPSA) is 95.6 Å². The van der Waals surface area contributed by atoms with Crippen molar-refractivity contribution in [2.45, 2.75) is 25.9 Å². The third kappa shape index (κ3) is 4.76. The van der Waals surface area contributed by atoms with Gasteiger partial charge in [0, 0.05) is 16.8 Å². The lowest BCUT2D eigenvalue weighted by molar-refractivity contribution is -0.112. The highest BCUT2D eigenvalue weighted by Crippen LogP contribution is 2.33. The Kier molecular flexibility index (Phi) is 6.20. The predicted molar refractivity (Wildman–Crippen MR) is 117 cm³/mol. The third-order valence-electron chi connectivity index (χ3n) is 4.47. The quantitative estimate of drug-likeness (QED) is 0.351. The van der Waals surface area contributed by atoms with Gasteiger partial charge in [-0.05, 0) is 20.8 Å². The van der Waals surface area contributed by atoms with Crippen molar-refractivity contribution in [1.29, 1.82) is 5.26 Å². The summed E-state index contributed by atoms with van der Waals surface area (Å²) < 4.78 is 0. The molecule has 0 aliphatic carbocycles. The van der Waals surface area contributed by atoms with Crippen LogP contribution < -0.4 is 5.73 Å². The summed E-state index contributed by atoms with van der Waals surface area (Å²) in [5.74, 6) is -0.214. The molecule has 29 heavy (non-hydrogen) atoms. The molecule has 0 spiro atoms. The molecule has 0 unspecified atom stereocenters. The van der Waals surface area contributed by atoms with Crippen LogP contribution in [0.2, 0.25) is 0 Å². The highest BCUT2D eigenvalue weighted by Gasteiger charge is 2.17. The SMILES string of the molecule is C/C(N)=C(\C#N)C(=O)CSc1nc(-c2ccc(C)cc2)c(-c2ccc(C)cc2)[nH]1. The van der Waals surface area contributed by atoms with Gasteiger partial charge in [0.25, 0.3) is 0 Å².